The van der Waals surface area contributed by atoms with Gasteiger partial charge in [0.15, 0.2) is 0 Å². The van der Waals surface area contributed by atoms with Crippen molar-refractivity contribution in [1.82, 2.24) is 15.1 Å². The summed E-state index contributed by atoms with van der Waals surface area (Å²) in [4.78, 5) is 65.5. The molecule has 0 spiro atoms. The van der Waals surface area contributed by atoms with Crippen LogP contribution in [0.3, 0.4) is 0 Å². The van der Waals surface area contributed by atoms with Crippen LogP contribution in [0.25, 0.3) is 0 Å². The molecule has 1 heterocycles. The van der Waals surface area contributed by atoms with Gasteiger partial charge in [0.25, 0.3) is 0 Å². The Morgan fingerprint density at radius 2 is 1.23 bits per heavy atom. The summed E-state index contributed by atoms with van der Waals surface area (Å²) in [5.41, 5.74) is 2.82. The van der Waals surface area contributed by atoms with Crippen molar-refractivity contribution in [3.05, 3.63) is 0 Å². The summed E-state index contributed by atoms with van der Waals surface area (Å²) < 4.78 is 17.5. The second kappa shape index (κ2) is 22.1. The Labute approximate surface area is 366 Å². The normalized spacial score (nSPS) is 25.4. The number of carbonyl (C=O) groups excluding carboxylic acids is 3. The Hall–Kier alpha value is -2.92. The number of aliphatic carboxylic acids is 2. The summed E-state index contributed by atoms with van der Waals surface area (Å²) in [7, 11) is 1.78. The van der Waals surface area contributed by atoms with Crippen molar-refractivity contribution < 1.29 is 58.3 Å². The molecule has 61 heavy (non-hydrogen) atoms. The van der Waals surface area contributed by atoms with Gasteiger partial charge in [0.05, 0.1) is 28.1 Å². The molecular formula is C43H80B2N4O12. The Bertz CT molecular complexity index is 1470. The monoisotopic (exact) mass is 867 g/mol. The molecule has 0 aromatic rings. The van der Waals surface area contributed by atoms with Crippen LogP contribution in [0.5, 0.6) is 0 Å². The number of nitrogens with one attached hydrogen (secondary N) is 1. The first kappa shape index (κ1) is 54.2. The number of hydrogen-bond donors (Lipinski definition) is 6. The lowest BCUT2D eigenvalue weighted by atomic mass is 9.77. The lowest BCUT2D eigenvalue weighted by molar-refractivity contribution is -0.150. The van der Waals surface area contributed by atoms with Crippen molar-refractivity contribution in [1.29, 1.82) is 0 Å². The van der Waals surface area contributed by atoms with Crippen LogP contribution in [0, 0.1) is 22.7 Å². The quantitative estimate of drug-likeness (QED) is 0.0688. The van der Waals surface area contributed by atoms with E-state index in [1.807, 2.05) is 55.4 Å². The van der Waals surface area contributed by atoms with Gasteiger partial charge in [-0.3, -0.25) is 19.2 Å². The number of ether oxygens (including phenoxy) is 1. The lowest BCUT2D eigenvalue weighted by Gasteiger charge is -2.32. The number of likely N-dealkylation sites (N-methyl/N-ethyl adjacent to an activating group) is 2. The maximum absolute atomic E-state index is 13.3. The van der Waals surface area contributed by atoms with Crippen LogP contribution in [0.4, 0.5) is 4.79 Å². The van der Waals surface area contributed by atoms with Crippen molar-refractivity contribution in [2.45, 2.75) is 207 Å². The van der Waals surface area contributed by atoms with Crippen LogP contribution in [0.2, 0.25) is 12.6 Å². The molecule has 3 fully saturated rings. The first-order valence-corrected chi connectivity index (χ1v) is 22.4. The molecule has 350 valence electrons. The second-order valence-corrected chi connectivity index (χ2v) is 20.7. The summed E-state index contributed by atoms with van der Waals surface area (Å²) in [5.74, 6) is -2.12. The zero-order valence-electron chi connectivity index (χ0n) is 39.5. The number of carboxylic acids is 2. The third-order valence-corrected chi connectivity index (χ3v) is 13.5. The van der Waals surface area contributed by atoms with E-state index >= 15 is 0 Å². The molecule has 3 rings (SSSR count). The molecule has 0 radical (unpaired) electrons. The van der Waals surface area contributed by atoms with Gasteiger partial charge < -0.3 is 55.2 Å². The van der Waals surface area contributed by atoms with Crippen molar-refractivity contribution in [2.75, 3.05) is 14.1 Å². The fourth-order valence-electron chi connectivity index (χ4n) is 8.61. The molecule has 6 atom stereocenters. The Kier molecular flexibility index (Phi) is 19.7. The van der Waals surface area contributed by atoms with Crippen LogP contribution >= 0.6 is 0 Å². The van der Waals surface area contributed by atoms with E-state index in [-0.39, 0.29) is 60.4 Å². The minimum Gasteiger partial charge on any atom is -0.481 e. The summed E-state index contributed by atoms with van der Waals surface area (Å²) in [6, 6.07) is -1.63. The molecule has 0 unspecified atom stereocenters. The van der Waals surface area contributed by atoms with E-state index < -0.39 is 53.7 Å². The van der Waals surface area contributed by atoms with Crippen LogP contribution in [-0.4, -0.2) is 129 Å². The van der Waals surface area contributed by atoms with E-state index in [2.05, 4.69) is 5.32 Å². The highest BCUT2D eigenvalue weighted by molar-refractivity contribution is 6.45. The maximum atomic E-state index is 13.3. The molecule has 0 aromatic heterocycles. The molecule has 7 N–H and O–H groups in total. The smallest absolute Gasteiger partial charge is 0.457 e. The first-order valence-electron chi connectivity index (χ1n) is 22.4. The number of alkyl carbamates (subject to hydrolysis) is 1. The minimum absolute atomic E-state index is 0.0375. The molecule has 1 aliphatic heterocycles. The summed E-state index contributed by atoms with van der Waals surface area (Å²) in [6.45, 7) is 20.9. The number of hydrogen-bond acceptors (Lipinski definition) is 11. The third kappa shape index (κ3) is 15.1. The van der Waals surface area contributed by atoms with Crippen molar-refractivity contribution in [2.24, 2.45) is 28.4 Å². The standard InChI is InChI=1S/C27H49BN2O7.C16H31BN2O5/c1-18(2)20(29-23(34)35-24(3,4)5)21(31)30(10)19-13-15-27(17-19,22(32)33)14-11-12-16-28-36-25(6,7)26(8,9)37-28;1-11(2)13(18)14(20)19(3)12-6-8-16(10-12,15(21)22)7-4-5-9-17(23)24/h18-20H,11-17H2,1-10H3,(H,29,34)(H,32,33);11-13,23-24H,4-10,18H2,1-3H3,(H,21,22)/t19-,20-,27+;12-,13-,16+/m00/s1. The van der Waals surface area contributed by atoms with E-state index in [1.165, 1.54) is 0 Å². The summed E-state index contributed by atoms with van der Waals surface area (Å²) in [6.07, 6.45) is 7.27. The van der Waals surface area contributed by atoms with E-state index in [1.54, 1.807) is 44.7 Å². The molecule has 2 saturated carbocycles. The zero-order valence-corrected chi connectivity index (χ0v) is 39.5. The molecule has 16 nitrogen and oxygen atoms in total. The average molecular weight is 867 g/mol. The van der Waals surface area contributed by atoms with Crippen molar-refractivity contribution in [3.63, 3.8) is 0 Å². The maximum Gasteiger partial charge on any atom is 0.457 e. The zero-order chi connectivity index (χ0) is 46.9. The molecule has 3 aliphatic rings. The second-order valence-electron chi connectivity index (χ2n) is 20.7. The third-order valence-electron chi connectivity index (χ3n) is 13.5. The van der Waals surface area contributed by atoms with Crippen LogP contribution in [-0.2, 0) is 33.2 Å². The molecule has 0 bridgehead atoms. The predicted molar refractivity (Wildman–Crippen MR) is 235 cm³/mol. The first-order chi connectivity index (χ1) is 27.9. The van der Waals surface area contributed by atoms with E-state index in [0.29, 0.717) is 64.2 Å². The molecule has 18 heteroatoms. The molecule has 2 aliphatic carbocycles. The molecular weight excluding hydrogens is 786 g/mol. The van der Waals surface area contributed by atoms with Gasteiger partial charge in [-0.15, -0.1) is 0 Å². The largest absolute Gasteiger partial charge is 0.481 e. The van der Waals surface area contributed by atoms with E-state index in [0.717, 1.165) is 19.2 Å². The minimum atomic E-state index is -1.34. The van der Waals surface area contributed by atoms with Gasteiger partial charge in [-0.2, -0.15) is 0 Å². The lowest BCUT2D eigenvalue weighted by Crippen LogP contribution is -2.53. The summed E-state index contributed by atoms with van der Waals surface area (Å²) in [5, 5.41) is 40.3. The Morgan fingerprint density at radius 1 is 0.787 bits per heavy atom. The van der Waals surface area contributed by atoms with Crippen molar-refractivity contribution >= 4 is 44.1 Å². The average Bonchev–Trinajstić information content (AvgIpc) is 3.83. The highest BCUT2D eigenvalue weighted by Crippen LogP contribution is 2.46. The molecule has 1 saturated heterocycles. The van der Waals surface area contributed by atoms with Gasteiger partial charge in [-0.25, -0.2) is 4.79 Å². The fraction of sp³-hybridized carbons (Fsp3) is 0.884. The number of nitrogens with zero attached hydrogens (tertiary/aromatic N) is 2. The predicted octanol–water partition coefficient (Wildman–Crippen LogP) is 5.57. The topological polar surface area (TPSA) is 238 Å². The number of rotatable bonds is 19. The van der Waals surface area contributed by atoms with Gasteiger partial charge in [-0.1, -0.05) is 53.4 Å². The number of carboxylic acid groups (broad SMARTS) is 2. The molecule has 0 aromatic carbocycles. The molecule has 3 amide bonds. The van der Waals surface area contributed by atoms with Gasteiger partial charge in [0, 0.05) is 26.2 Å². The Morgan fingerprint density at radius 3 is 1.62 bits per heavy atom. The van der Waals surface area contributed by atoms with Gasteiger partial charge >= 0.3 is 32.3 Å². The SMILES string of the molecule is CC(C)[C@H](N)C(=O)N(C)[C@H]1CC[C@@](CCCCB(O)O)(C(=O)O)C1.CC(C)[C@H](NC(=O)OC(C)(C)C)C(=O)N(C)[C@H]1CC[C@@](CCCCB2OC(C)(C)C(C)(C)O2)(C(=O)O)C1. The van der Waals surface area contributed by atoms with Crippen LogP contribution in [0.1, 0.15) is 153 Å². The van der Waals surface area contributed by atoms with Gasteiger partial charge in [0.2, 0.25) is 11.8 Å². The van der Waals surface area contributed by atoms with Crippen LogP contribution < -0.4 is 11.1 Å². The number of amides is 3. The van der Waals surface area contributed by atoms with Crippen molar-refractivity contribution in [3.8, 4) is 0 Å². The number of carbonyl (C=O) groups is 5. The number of nitrogens with two attached hydrogens (primary N) is 1. The van der Waals surface area contributed by atoms with E-state index in [4.69, 9.17) is 29.8 Å². The van der Waals surface area contributed by atoms with Gasteiger partial charge in [-0.05, 0) is 124 Å². The van der Waals surface area contributed by atoms with E-state index in [9.17, 15) is 34.2 Å². The number of unbranched alkanes of at least 4 members (excludes halogenated alkanes) is 2. The van der Waals surface area contributed by atoms with Crippen LogP contribution in [0.15, 0.2) is 0 Å². The highest BCUT2D eigenvalue weighted by Gasteiger charge is 2.52. The fourth-order valence-corrected chi connectivity index (χ4v) is 8.61. The summed E-state index contributed by atoms with van der Waals surface area (Å²) >= 11 is 0. The highest BCUT2D eigenvalue weighted by atomic mass is 16.7. The van der Waals surface area contributed by atoms with Gasteiger partial charge in [0.1, 0.15) is 11.6 Å². The Balaban J connectivity index is 0.000000461.